The third kappa shape index (κ3) is 4.57. The number of nitrogens with zero attached hydrogens (tertiary/aromatic N) is 2. The number of hydrogen-bond acceptors (Lipinski definition) is 4. The molecule has 148 valence electrons. The molecule has 6 heteroatoms. The molecule has 28 heavy (non-hydrogen) atoms. The van der Waals surface area contributed by atoms with Crippen LogP contribution in [0.4, 0.5) is 0 Å². The van der Waals surface area contributed by atoms with Crippen LogP contribution < -0.4 is 5.73 Å². The molecule has 2 aromatic rings. The molecule has 1 aliphatic rings. The SMILES string of the molecule is CC(C)CC(=O)N1CCO[C@](Cc2cccc(-c3cccnc3)c2)(C(N)=O)C1. The summed E-state index contributed by atoms with van der Waals surface area (Å²) in [5, 5.41) is 0. The highest BCUT2D eigenvalue weighted by Gasteiger charge is 2.43. The van der Waals surface area contributed by atoms with E-state index >= 15 is 0 Å². The molecule has 0 unspecified atom stereocenters. The van der Waals surface area contributed by atoms with Crippen molar-refractivity contribution in [1.82, 2.24) is 9.88 Å². The summed E-state index contributed by atoms with van der Waals surface area (Å²) in [4.78, 5) is 30.8. The fourth-order valence-electron chi connectivity index (χ4n) is 3.54. The number of aromatic nitrogens is 1. The molecule has 0 saturated carbocycles. The molecule has 2 heterocycles. The lowest BCUT2D eigenvalue weighted by Crippen LogP contribution is -2.61. The number of carbonyl (C=O) groups excluding carboxylic acids is 2. The van der Waals surface area contributed by atoms with Crippen LogP contribution in [0.5, 0.6) is 0 Å². The van der Waals surface area contributed by atoms with Crippen LogP contribution in [-0.4, -0.2) is 47.0 Å². The Balaban J connectivity index is 1.83. The molecule has 1 atom stereocenters. The fraction of sp³-hybridized carbons (Fsp3) is 0.409. The van der Waals surface area contributed by atoms with E-state index in [1.54, 1.807) is 17.3 Å². The second-order valence-corrected chi connectivity index (χ2v) is 7.74. The number of nitrogens with two attached hydrogens (primary N) is 1. The summed E-state index contributed by atoms with van der Waals surface area (Å²) in [6.45, 7) is 4.98. The average molecular weight is 381 g/mol. The lowest BCUT2D eigenvalue weighted by molar-refractivity contribution is -0.163. The fourth-order valence-corrected chi connectivity index (χ4v) is 3.54. The number of primary amides is 1. The highest BCUT2D eigenvalue weighted by atomic mass is 16.5. The molecule has 1 fully saturated rings. The van der Waals surface area contributed by atoms with Gasteiger partial charge in [0.25, 0.3) is 5.91 Å². The van der Waals surface area contributed by atoms with E-state index in [1.807, 2.05) is 50.2 Å². The Morgan fingerprint density at radius 2 is 2.04 bits per heavy atom. The molecule has 1 saturated heterocycles. The number of rotatable bonds is 6. The van der Waals surface area contributed by atoms with Gasteiger partial charge in [-0.2, -0.15) is 0 Å². The predicted octanol–water partition coefficient (Wildman–Crippen LogP) is 2.42. The zero-order chi connectivity index (χ0) is 20.1. The van der Waals surface area contributed by atoms with Gasteiger partial charge in [0.15, 0.2) is 5.60 Å². The smallest absolute Gasteiger partial charge is 0.251 e. The summed E-state index contributed by atoms with van der Waals surface area (Å²) in [5.41, 5.74) is 7.47. The summed E-state index contributed by atoms with van der Waals surface area (Å²) in [6.07, 6.45) is 4.30. The summed E-state index contributed by atoms with van der Waals surface area (Å²) in [5.74, 6) is -0.246. The first kappa shape index (κ1) is 20.0. The lowest BCUT2D eigenvalue weighted by atomic mass is 9.90. The van der Waals surface area contributed by atoms with Crippen LogP contribution >= 0.6 is 0 Å². The number of morpholine rings is 1. The minimum atomic E-state index is -1.21. The normalized spacial score (nSPS) is 19.6. The van der Waals surface area contributed by atoms with Gasteiger partial charge in [0.05, 0.1) is 13.2 Å². The first-order valence-electron chi connectivity index (χ1n) is 9.60. The van der Waals surface area contributed by atoms with Crippen LogP contribution in [0.25, 0.3) is 11.1 Å². The Kier molecular flexibility index (Phi) is 6.09. The molecular weight excluding hydrogens is 354 g/mol. The highest BCUT2D eigenvalue weighted by Crippen LogP contribution is 2.27. The van der Waals surface area contributed by atoms with E-state index in [9.17, 15) is 9.59 Å². The topological polar surface area (TPSA) is 85.5 Å². The van der Waals surface area contributed by atoms with Gasteiger partial charge in [0, 0.05) is 31.8 Å². The minimum Gasteiger partial charge on any atom is -0.367 e. The van der Waals surface area contributed by atoms with E-state index < -0.39 is 11.5 Å². The van der Waals surface area contributed by atoms with Crippen molar-refractivity contribution in [3.8, 4) is 11.1 Å². The van der Waals surface area contributed by atoms with Gasteiger partial charge in [-0.15, -0.1) is 0 Å². The molecular formula is C22H27N3O3. The van der Waals surface area contributed by atoms with E-state index in [2.05, 4.69) is 4.98 Å². The highest BCUT2D eigenvalue weighted by molar-refractivity contribution is 5.86. The third-order valence-electron chi connectivity index (χ3n) is 4.98. The van der Waals surface area contributed by atoms with E-state index in [0.717, 1.165) is 16.7 Å². The zero-order valence-electron chi connectivity index (χ0n) is 16.4. The molecule has 0 bridgehead atoms. The van der Waals surface area contributed by atoms with Crippen molar-refractivity contribution in [1.29, 1.82) is 0 Å². The van der Waals surface area contributed by atoms with Gasteiger partial charge in [-0.25, -0.2) is 0 Å². The number of carbonyl (C=O) groups is 2. The Hall–Kier alpha value is -2.73. The minimum absolute atomic E-state index is 0.0352. The average Bonchev–Trinajstić information content (AvgIpc) is 2.68. The Morgan fingerprint density at radius 1 is 1.25 bits per heavy atom. The van der Waals surface area contributed by atoms with Gasteiger partial charge < -0.3 is 15.4 Å². The largest absolute Gasteiger partial charge is 0.367 e. The summed E-state index contributed by atoms with van der Waals surface area (Å²) < 4.78 is 5.88. The van der Waals surface area contributed by atoms with E-state index in [-0.39, 0.29) is 18.4 Å². The molecule has 1 aromatic carbocycles. The molecule has 0 aliphatic carbocycles. The van der Waals surface area contributed by atoms with Crippen LogP contribution in [-0.2, 0) is 20.7 Å². The van der Waals surface area contributed by atoms with Gasteiger partial charge in [-0.3, -0.25) is 14.6 Å². The first-order chi connectivity index (χ1) is 13.4. The number of amides is 2. The Morgan fingerprint density at radius 3 is 2.71 bits per heavy atom. The van der Waals surface area contributed by atoms with Crippen molar-refractivity contribution in [3.63, 3.8) is 0 Å². The van der Waals surface area contributed by atoms with Gasteiger partial charge >= 0.3 is 0 Å². The van der Waals surface area contributed by atoms with Gasteiger partial charge in [-0.1, -0.05) is 44.2 Å². The Bertz CT molecular complexity index is 838. The summed E-state index contributed by atoms with van der Waals surface area (Å²) in [6, 6.07) is 11.8. The Labute approximate surface area is 165 Å². The lowest BCUT2D eigenvalue weighted by Gasteiger charge is -2.41. The molecule has 0 radical (unpaired) electrons. The number of pyridine rings is 1. The van der Waals surface area contributed by atoms with Crippen molar-refractivity contribution in [2.24, 2.45) is 11.7 Å². The molecule has 1 aliphatic heterocycles. The number of hydrogen-bond donors (Lipinski definition) is 1. The van der Waals surface area contributed by atoms with Gasteiger partial charge in [0.2, 0.25) is 5.91 Å². The maximum Gasteiger partial charge on any atom is 0.251 e. The molecule has 1 aromatic heterocycles. The van der Waals surface area contributed by atoms with Crippen molar-refractivity contribution in [3.05, 3.63) is 54.4 Å². The van der Waals surface area contributed by atoms with Crippen molar-refractivity contribution >= 4 is 11.8 Å². The molecule has 6 nitrogen and oxygen atoms in total. The van der Waals surface area contributed by atoms with Gasteiger partial charge in [0.1, 0.15) is 0 Å². The van der Waals surface area contributed by atoms with Crippen LogP contribution in [0.15, 0.2) is 48.8 Å². The van der Waals surface area contributed by atoms with E-state index in [4.69, 9.17) is 10.5 Å². The quantitative estimate of drug-likeness (QED) is 0.833. The second kappa shape index (κ2) is 8.52. The van der Waals surface area contributed by atoms with Crippen molar-refractivity contribution < 1.29 is 14.3 Å². The number of ether oxygens (including phenoxy) is 1. The van der Waals surface area contributed by atoms with E-state index in [0.29, 0.717) is 26.0 Å². The van der Waals surface area contributed by atoms with Crippen LogP contribution in [0.2, 0.25) is 0 Å². The van der Waals surface area contributed by atoms with Crippen molar-refractivity contribution in [2.45, 2.75) is 32.3 Å². The van der Waals surface area contributed by atoms with Crippen LogP contribution in [0.3, 0.4) is 0 Å². The maximum atomic E-state index is 12.5. The molecule has 2 amide bonds. The van der Waals surface area contributed by atoms with E-state index in [1.165, 1.54) is 0 Å². The first-order valence-corrected chi connectivity index (χ1v) is 9.60. The van der Waals surface area contributed by atoms with Crippen molar-refractivity contribution in [2.75, 3.05) is 19.7 Å². The maximum absolute atomic E-state index is 12.5. The monoisotopic (exact) mass is 381 g/mol. The second-order valence-electron chi connectivity index (χ2n) is 7.74. The molecule has 3 rings (SSSR count). The van der Waals surface area contributed by atoms with Gasteiger partial charge in [-0.05, 0) is 28.7 Å². The van der Waals surface area contributed by atoms with Crippen LogP contribution in [0, 0.1) is 5.92 Å². The number of benzene rings is 1. The molecule has 0 spiro atoms. The van der Waals surface area contributed by atoms with Crippen LogP contribution in [0.1, 0.15) is 25.8 Å². The summed E-state index contributed by atoms with van der Waals surface area (Å²) >= 11 is 0. The zero-order valence-corrected chi connectivity index (χ0v) is 16.4. The standard InChI is InChI=1S/C22H27N3O3/c1-16(2)11-20(26)25-9-10-28-22(15-25,21(23)27)13-17-5-3-6-18(12-17)19-7-4-8-24-14-19/h3-8,12,14,16H,9-11,13,15H2,1-2H3,(H2,23,27)/t22-/m0/s1. The summed E-state index contributed by atoms with van der Waals surface area (Å²) in [7, 11) is 0. The molecule has 2 N–H and O–H groups in total. The third-order valence-corrected chi connectivity index (χ3v) is 4.98. The predicted molar refractivity (Wildman–Crippen MR) is 107 cm³/mol.